The number of carbonyl (C=O) groups is 2. The average Bonchev–Trinajstić information content (AvgIpc) is 2.37. The van der Waals surface area contributed by atoms with Crippen LogP contribution in [0.15, 0.2) is 18.2 Å². The number of nitrogens with one attached hydrogen (secondary N) is 1. The van der Waals surface area contributed by atoms with Crippen molar-refractivity contribution in [3.05, 3.63) is 33.8 Å². The Balaban J connectivity index is 2.07. The molecule has 102 valence electrons. The van der Waals surface area contributed by atoms with Gasteiger partial charge in [0.2, 0.25) is 5.91 Å². The van der Waals surface area contributed by atoms with Gasteiger partial charge in [-0.2, -0.15) is 0 Å². The van der Waals surface area contributed by atoms with E-state index in [4.69, 9.17) is 28.3 Å². The van der Waals surface area contributed by atoms with Gasteiger partial charge in [0.15, 0.2) is 0 Å². The molecule has 0 bridgehead atoms. The summed E-state index contributed by atoms with van der Waals surface area (Å²) in [5, 5.41) is 11.9. The second kappa shape index (κ2) is 6.03. The van der Waals surface area contributed by atoms with Crippen LogP contribution in [0.4, 0.5) is 0 Å². The summed E-state index contributed by atoms with van der Waals surface area (Å²) in [6, 6.07) is 4.45. The molecule has 4 nitrogen and oxygen atoms in total. The van der Waals surface area contributed by atoms with Gasteiger partial charge in [0.1, 0.15) is 6.04 Å². The lowest BCUT2D eigenvalue weighted by molar-refractivity contribution is -0.141. The molecule has 1 aliphatic heterocycles. The van der Waals surface area contributed by atoms with E-state index < -0.39 is 12.0 Å². The van der Waals surface area contributed by atoms with Gasteiger partial charge in [0.25, 0.3) is 0 Å². The van der Waals surface area contributed by atoms with Gasteiger partial charge in [-0.05, 0) is 18.1 Å². The first-order chi connectivity index (χ1) is 8.99. The van der Waals surface area contributed by atoms with Crippen molar-refractivity contribution in [1.82, 2.24) is 5.32 Å². The van der Waals surface area contributed by atoms with Gasteiger partial charge < -0.3 is 10.4 Å². The SMILES string of the molecule is O=C(O)[C@@H]1CS[C@@H](Cc2cccc(Cl)c2Cl)C(=O)N1. The molecule has 1 amide bonds. The van der Waals surface area contributed by atoms with Crippen LogP contribution in [0.25, 0.3) is 0 Å². The summed E-state index contributed by atoms with van der Waals surface area (Å²) in [5.41, 5.74) is 0.788. The molecule has 1 aromatic rings. The van der Waals surface area contributed by atoms with Crippen molar-refractivity contribution in [2.75, 3.05) is 5.75 Å². The fraction of sp³-hybridized carbons (Fsp3) is 0.333. The van der Waals surface area contributed by atoms with E-state index in [-0.39, 0.29) is 11.2 Å². The zero-order valence-corrected chi connectivity index (χ0v) is 12.1. The number of benzene rings is 1. The van der Waals surface area contributed by atoms with Crippen molar-refractivity contribution >= 4 is 46.8 Å². The first kappa shape index (κ1) is 14.5. The highest BCUT2D eigenvalue weighted by atomic mass is 35.5. The van der Waals surface area contributed by atoms with Crippen molar-refractivity contribution in [3.8, 4) is 0 Å². The van der Waals surface area contributed by atoms with Gasteiger partial charge in [-0.3, -0.25) is 4.79 Å². The normalized spacial score (nSPS) is 22.9. The maximum Gasteiger partial charge on any atom is 0.327 e. The number of carbonyl (C=O) groups excluding carboxylic acids is 1. The first-order valence-corrected chi connectivity index (χ1v) is 7.37. The highest BCUT2D eigenvalue weighted by Gasteiger charge is 2.32. The molecule has 0 spiro atoms. The van der Waals surface area contributed by atoms with Gasteiger partial charge in [-0.1, -0.05) is 35.3 Å². The molecular formula is C12H11Cl2NO3S. The van der Waals surface area contributed by atoms with Gasteiger partial charge >= 0.3 is 5.97 Å². The molecule has 1 aliphatic rings. The molecule has 1 fully saturated rings. The maximum absolute atomic E-state index is 11.8. The smallest absolute Gasteiger partial charge is 0.327 e. The summed E-state index contributed by atoms with van der Waals surface area (Å²) in [6.45, 7) is 0. The van der Waals surface area contributed by atoms with Crippen LogP contribution in [0.1, 0.15) is 5.56 Å². The maximum atomic E-state index is 11.8. The summed E-state index contributed by atoms with van der Waals surface area (Å²) in [5.74, 6) is -0.941. The van der Waals surface area contributed by atoms with Crippen LogP contribution in [0.3, 0.4) is 0 Å². The van der Waals surface area contributed by atoms with E-state index in [0.717, 1.165) is 5.56 Å². The third-order valence-corrected chi connectivity index (χ3v) is 4.97. The fourth-order valence-electron chi connectivity index (χ4n) is 1.78. The van der Waals surface area contributed by atoms with Gasteiger partial charge in [0, 0.05) is 5.75 Å². The molecule has 2 rings (SSSR count). The Morgan fingerprint density at radius 2 is 2.21 bits per heavy atom. The summed E-state index contributed by atoms with van der Waals surface area (Å²) < 4.78 is 0. The Labute approximate surface area is 124 Å². The summed E-state index contributed by atoms with van der Waals surface area (Å²) in [6.07, 6.45) is 0.433. The Kier molecular flexibility index (Phi) is 4.60. The van der Waals surface area contributed by atoms with Crippen LogP contribution in [-0.2, 0) is 16.0 Å². The predicted molar refractivity (Wildman–Crippen MR) is 76.0 cm³/mol. The number of amides is 1. The van der Waals surface area contributed by atoms with Crippen molar-refractivity contribution in [1.29, 1.82) is 0 Å². The quantitative estimate of drug-likeness (QED) is 0.896. The topological polar surface area (TPSA) is 66.4 Å². The van der Waals surface area contributed by atoms with E-state index in [1.807, 2.05) is 6.07 Å². The second-order valence-electron chi connectivity index (χ2n) is 4.14. The molecule has 1 saturated heterocycles. The van der Waals surface area contributed by atoms with E-state index in [2.05, 4.69) is 5.32 Å². The molecule has 19 heavy (non-hydrogen) atoms. The van der Waals surface area contributed by atoms with Crippen LogP contribution in [0.5, 0.6) is 0 Å². The van der Waals surface area contributed by atoms with Crippen molar-refractivity contribution in [2.24, 2.45) is 0 Å². The highest BCUT2D eigenvalue weighted by molar-refractivity contribution is 8.00. The zero-order chi connectivity index (χ0) is 14.0. The van der Waals surface area contributed by atoms with E-state index >= 15 is 0 Å². The molecule has 0 saturated carbocycles. The minimum Gasteiger partial charge on any atom is -0.480 e. The second-order valence-corrected chi connectivity index (χ2v) is 6.16. The minimum absolute atomic E-state index is 0.278. The molecule has 2 N–H and O–H groups in total. The van der Waals surface area contributed by atoms with Crippen LogP contribution in [0.2, 0.25) is 10.0 Å². The summed E-state index contributed by atoms with van der Waals surface area (Å²) >= 11 is 13.3. The van der Waals surface area contributed by atoms with Gasteiger partial charge in [0.05, 0.1) is 15.3 Å². The number of rotatable bonds is 3. The summed E-state index contributed by atoms with van der Waals surface area (Å²) in [7, 11) is 0. The number of hydrogen-bond acceptors (Lipinski definition) is 3. The van der Waals surface area contributed by atoms with E-state index in [0.29, 0.717) is 22.2 Å². The third kappa shape index (κ3) is 3.35. The molecule has 7 heteroatoms. The largest absolute Gasteiger partial charge is 0.480 e. The van der Waals surface area contributed by atoms with Crippen LogP contribution < -0.4 is 5.32 Å². The Hall–Kier alpha value is -0.910. The predicted octanol–water partition coefficient (Wildman–Crippen LogP) is 2.22. The minimum atomic E-state index is -1.01. The van der Waals surface area contributed by atoms with E-state index in [9.17, 15) is 9.59 Å². The van der Waals surface area contributed by atoms with Crippen molar-refractivity contribution < 1.29 is 14.7 Å². The number of halogens is 2. The fourth-order valence-corrected chi connectivity index (χ4v) is 3.35. The molecule has 1 heterocycles. The number of carboxylic acids is 1. The number of thioether (sulfide) groups is 1. The van der Waals surface area contributed by atoms with Crippen LogP contribution in [0, 0.1) is 0 Å². The molecule has 0 aromatic heterocycles. The lowest BCUT2D eigenvalue weighted by Gasteiger charge is -2.26. The number of aliphatic carboxylic acids is 1. The highest BCUT2D eigenvalue weighted by Crippen LogP contribution is 2.29. The van der Waals surface area contributed by atoms with Gasteiger partial charge in [-0.25, -0.2) is 4.79 Å². The number of hydrogen-bond donors (Lipinski definition) is 2. The third-order valence-electron chi connectivity index (χ3n) is 2.81. The van der Waals surface area contributed by atoms with E-state index in [1.165, 1.54) is 11.8 Å². The Morgan fingerprint density at radius 1 is 1.47 bits per heavy atom. The van der Waals surface area contributed by atoms with Crippen molar-refractivity contribution in [2.45, 2.75) is 17.7 Å². The van der Waals surface area contributed by atoms with E-state index in [1.54, 1.807) is 12.1 Å². The van der Waals surface area contributed by atoms with Gasteiger partial charge in [-0.15, -0.1) is 11.8 Å². The average molecular weight is 320 g/mol. The lowest BCUT2D eigenvalue weighted by Crippen LogP contribution is -2.51. The van der Waals surface area contributed by atoms with Crippen LogP contribution >= 0.6 is 35.0 Å². The monoisotopic (exact) mass is 319 g/mol. The molecule has 1 aromatic carbocycles. The first-order valence-electron chi connectivity index (χ1n) is 5.56. The number of carboxylic acid groups (broad SMARTS) is 1. The zero-order valence-electron chi connectivity index (χ0n) is 9.73. The molecule has 2 atom stereocenters. The lowest BCUT2D eigenvalue weighted by atomic mass is 10.1. The standard InChI is InChI=1S/C12H11Cl2NO3S/c13-7-3-1-2-6(10(7)14)4-9-11(16)15-8(5-19-9)12(17)18/h1-3,8-9H,4-5H2,(H,15,16)(H,17,18)/t8-,9-/m0/s1. The molecule has 0 radical (unpaired) electrons. The molecular weight excluding hydrogens is 309 g/mol. The Bertz CT molecular complexity index is 524. The molecule has 0 unspecified atom stereocenters. The van der Waals surface area contributed by atoms with Crippen LogP contribution in [-0.4, -0.2) is 34.0 Å². The summed E-state index contributed by atoms with van der Waals surface area (Å²) in [4.78, 5) is 22.6. The van der Waals surface area contributed by atoms with Crippen molar-refractivity contribution in [3.63, 3.8) is 0 Å². The Morgan fingerprint density at radius 3 is 2.84 bits per heavy atom. The molecule has 0 aliphatic carbocycles.